The van der Waals surface area contributed by atoms with E-state index in [0.717, 1.165) is 31.5 Å². The number of ether oxygens (including phenoxy) is 1. The topological polar surface area (TPSA) is 140 Å². The van der Waals surface area contributed by atoms with E-state index in [1.807, 2.05) is 6.07 Å². The van der Waals surface area contributed by atoms with E-state index in [9.17, 15) is 14.7 Å². The third kappa shape index (κ3) is 4.55. The summed E-state index contributed by atoms with van der Waals surface area (Å²) in [4.78, 5) is 38.4. The average Bonchev–Trinajstić information content (AvgIpc) is 3.55. The second kappa shape index (κ2) is 8.83. The number of aliphatic hydroxyl groups excluding tert-OH is 2. The largest absolute Gasteiger partial charge is 0.491 e. The molecule has 0 aromatic carbocycles. The number of hydrogen-bond donors (Lipinski definition) is 4. The summed E-state index contributed by atoms with van der Waals surface area (Å²) >= 11 is 0. The standard InChI is InChI=1S/C22H26N6O5/c29-11-15(30)12-33-16-5-7-23-19(9-16)26-22(32)28-14-6-8-27(10-14)18-4-3-17(25-20(18)28)21(31)24-13-1-2-13/h3-5,7,9,13-15,29-30H,1-2,6,8,10-12H2,(H,24,31)(H,23,26,32). The van der Waals surface area contributed by atoms with Gasteiger partial charge in [-0.15, -0.1) is 0 Å². The summed E-state index contributed by atoms with van der Waals surface area (Å²) in [7, 11) is 0. The van der Waals surface area contributed by atoms with Crippen LogP contribution in [0.1, 0.15) is 29.8 Å². The molecule has 3 aliphatic rings. The molecule has 0 radical (unpaired) electrons. The monoisotopic (exact) mass is 454 g/mol. The Kier molecular flexibility index (Phi) is 5.73. The van der Waals surface area contributed by atoms with Crippen molar-refractivity contribution >= 4 is 29.3 Å². The van der Waals surface area contributed by atoms with Crippen LogP contribution in [0.25, 0.3) is 0 Å². The number of nitrogens with one attached hydrogen (secondary N) is 2. The number of anilines is 3. The van der Waals surface area contributed by atoms with Gasteiger partial charge in [-0.2, -0.15) is 0 Å². The van der Waals surface area contributed by atoms with Crippen LogP contribution in [0.3, 0.4) is 0 Å². The first-order valence-electron chi connectivity index (χ1n) is 11.1. The fourth-order valence-electron chi connectivity index (χ4n) is 4.07. The van der Waals surface area contributed by atoms with Crippen molar-refractivity contribution in [1.82, 2.24) is 15.3 Å². The summed E-state index contributed by atoms with van der Waals surface area (Å²) in [5, 5.41) is 24.1. The number of pyridine rings is 2. The zero-order chi connectivity index (χ0) is 22.9. The highest BCUT2D eigenvalue weighted by atomic mass is 16.5. The van der Waals surface area contributed by atoms with Gasteiger partial charge in [0.25, 0.3) is 5.91 Å². The molecule has 1 saturated carbocycles. The summed E-state index contributed by atoms with van der Waals surface area (Å²) in [5.41, 5.74) is 1.11. The van der Waals surface area contributed by atoms with Crippen LogP contribution in [0.5, 0.6) is 5.75 Å². The maximum atomic E-state index is 13.3. The zero-order valence-corrected chi connectivity index (χ0v) is 18.0. The summed E-state index contributed by atoms with van der Waals surface area (Å²) in [6, 6.07) is 6.45. The maximum absolute atomic E-state index is 13.3. The number of aromatic nitrogens is 2. The number of carbonyl (C=O) groups excluding carboxylic acids is 2. The van der Waals surface area contributed by atoms with Gasteiger partial charge < -0.3 is 25.2 Å². The Morgan fingerprint density at radius 2 is 2.09 bits per heavy atom. The van der Waals surface area contributed by atoms with E-state index in [1.54, 1.807) is 23.1 Å². The molecule has 4 N–H and O–H groups in total. The summed E-state index contributed by atoms with van der Waals surface area (Å²) in [6.45, 7) is 1.02. The average molecular weight is 454 g/mol. The lowest BCUT2D eigenvalue weighted by Gasteiger charge is -2.35. The number of carbonyl (C=O) groups is 2. The molecule has 4 heterocycles. The van der Waals surface area contributed by atoms with Gasteiger partial charge in [-0.25, -0.2) is 14.8 Å². The van der Waals surface area contributed by atoms with Crippen molar-refractivity contribution in [1.29, 1.82) is 0 Å². The molecule has 174 valence electrons. The number of amides is 3. The Balaban J connectivity index is 1.36. The zero-order valence-electron chi connectivity index (χ0n) is 18.0. The quantitative estimate of drug-likeness (QED) is 0.480. The van der Waals surface area contributed by atoms with Crippen molar-refractivity contribution in [3.63, 3.8) is 0 Å². The lowest BCUT2D eigenvalue weighted by Crippen LogP contribution is -2.48. The van der Waals surface area contributed by atoms with Crippen LogP contribution in [0.4, 0.5) is 22.1 Å². The second-order valence-corrected chi connectivity index (χ2v) is 8.50. The molecule has 1 aliphatic carbocycles. The molecule has 2 aromatic rings. The lowest BCUT2D eigenvalue weighted by atomic mass is 10.1. The molecule has 2 aromatic heterocycles. The number of fused-ring (bicyclic) bond motifs is 4. The van der Waals surface area contributed by atoms with Gasteiger partial charge in [-0.05, 0) is 37.5 Å². The Labute approximate surface area is 190 Å². The molecule has 1 saturated heterocycles. The maximum Gasteiger partial charge on any atom is 0.329 e. The molecule has 3 amide bonds. The first kappa shape index (κ1) is 21.4. The third-order valence-electron chi connectivity index (χ3n) is 5.94. The van der Waals surface area contributed by atoms with Crippen LogP contribution in [-0.2, 0) is 0 Å². The molecule has 2 aliphatic heterocycles. The lowest BCUT2D eigenvalue weighted by molar-refractivity contribution is 0.0536. The predicted molar refractivity (Wildman–Crippen MR) is 120 cm³/mol. The molecule has 2 unspecified atom stereocenters. The highest BCUT2D eigenvalue weighted by Crippen LogP contribution is 2.39. The van der Waals surface area contributed by atoms with E-state index in [1.165, 1.54) is 6.20 Å². The number of nitrogens with zero attached hydrogens (tertiary/aromatic N) is 4. The number of rotatable bonds is 7. The molecule has 11 heteroatoms. The second-order valence-electron chi connectivity index (χ2n) is 8.50. The molecule has 11 nitrogen and oxygen atoms in total. The summed E-state index contributed by atoms with van der Waals surface area (Å²) in [6.07, 6.45) is 3.24. The summed E-state index contributed by atoms with van der Waals surface area (Å²) in [5.74, 6) is 0.907. The van der Waals surface area contributed by atoms with E-state index in [0.29, 0.717) is 18.1 Å². The molecule has 0 spiro atoms. The minimum atomic E-state index is -0.997. The molecule has 5 rings (SSSR count). The van der Waals surface area contributed by atoms with Gasteiger partial charge in [0.05, 0.1) is 18.3 Å². The van der Waals surface area contributed by atoms with Crippen molar-refractivity contribution in [3.8, 4) is 5.75 Å². The molecule has 2 atom stereocenters. The first-order valence-corrected chi connectivity index (χ1v) is 11.1. The van der Waals surface area contributed by atoms with Gasteiger partial charge in [-0.1, -0.05) is 0 Å². The van der Waals surface area contributed by atoms with Gasteiger partial charge in [0.1, 0.15) is 30.0 Å². The SMILES string of the molecule is O=C(NC1CC1)c1ccc2c(n1)N(C(=O)Nc1cc(OCC(O)CO)ccn1)C1CCN2C1. The highest BCUT2D eigenvalue weighted by molar-refractivity contribution is 6.05. The highest BCUT2D eigenvalue weighted by Gasteiger charge is 2.40. The Hall–Kier alpha value is -3.44. The Morgan fingerprint density at radius 1 is 1.24 bits per heavy atom. The van der Waals surface area contributed by atoms with Crippen LogP contribution in [0, 0.1) is 0 Å². The van der Waals surface area contributed by atoms with Crippen LogP contribution in [0.2, 0.25) is 0 Å². The fourth-order valence-corrected chi connectivity index (χ4v) is 4.07. The van der Waals surface area contributed by atoms with Gasteiger partial charge >= 0.3 is 6.03 Å². The van der Waals surface area contributed by atoms with Crippen LogP contribution >= 0.6 is 0 Å². The minimum Gasteiger partial charge on any atom is -0.491 e. The van der Waals surface area contributed by atoms with E-state index >= 15 is 0 Å². The number of hydrogen-bond acceptors (Lipinski definition) is 8. The van der Waals surface area contributed by atoms with E-state index in [-0.39, 0.29) is 36.1 Å². The minimum absolute atomic E-state index is 0.0640. The van der Waals surface area contributed by atoms with E-state index in [4.69, 9.17) is 9.84 Å². The molecular formula is C22H26N6O5. The molecule has 2 bridgehead atoms. The number of urea groups is 1. The molecular weight excluding hydrogens is 428 g/mol. The van der Waals surface area contributed by atoms with Crippen molar-refractivity contribution in [3.05, 3.63) is 36.2 Å². The third-order valence-corrected chi connectivity index (χ3v) is 5.94. The van der Waals surface area contributed by atoms with Gasteiger partial charge in [-0.3, -0.25) is 15.0 Å². The van der Waals surface area contributed by atoms with Gasteiger partial charge in [0.2, 0.25) is 0 Å². The normalized spacial score (nSPS) is 19.6. The van der Waals surface area contributed by atoms with Crippen molar-refractivity contribution < 1.29 is 24.5 Å². The van der Waals surface area contributed by atoms with Gasteiger partial charge in [0.15, 0.2) is 5.82 Å². The van der Waals surface area contributed by atoms with Crippen molar-refractivity contribution in [2.75, 3.05) is 41.4 Å². The van der Waals surface area contributed by atoms with E-state index in [2.05, 4.69) is 25.5 Å². The first-order chi connectivity index (χ1) is 16.0. The number of aliphatic hydroxyl groups is 2. The van der Waals surface area contributed by atoms with Crippen LogP contribution < -0.4 is 25.2 Å². The van der Waals surface area contributed by atoms with Crippen molar-refractivity contribution in [2.45, 2.75) is 37.5 Å². The fraction of sp³-hybridized carbons (Fsp3) is 0.455. The Morgan fingerprint density at radius 3 is 2.88 bits per heavy atom. The summed E-state index contributed by atoms with van der Waals surface area (Å²) < 4.78 is 5.43. The van der Waals surface area contributed by atoms with E-state index < -0.39 is 18.7 Å². The molecule has 2 fully saturated rings. The van der Waals surface area contributed by atoms with Crippen LogP contribution in [-0.4, -0.2) is 76.6 Å². The van der Waals surface area contributed by atoms with Gasteiger partial charge in [0, 0.05) is 31.4 Å². The smallest absolute Gasteiger partial charge is 0.329 e. The Bertz CT molecular complexity index is 1060. The van der Waals surface area contributed by atoms with Crippen molar-refractivity contribution in [2.24, 2.45) is 0 Å². The predicted octanol–water partition coefficient (Wildman–Crippen LogP) is 0.732. The van der Waals surface area contributed by atoms with Crippen LogP contribution in [0.15, 0.2) is 30.5 Å². The molecule has 33 heavy (non-hydrogen) atoms.